The second-order valence-electron chi connectivity index (χ2n) is 5.56. The number of aromatic nitrogens is 4. The zero-order valence-corrected chi connectivity index (χ0v) is 14.2. The molecule has 6 nitrogen and oxygen atoms in total. The SMILES string of the molecule is Cc1nc2ncnn2c(C)c1CCC(=O)OCC#Cc1ccccc1. The predicted molar refractivity (Wildman–Crippen MR) is 92.9 cm³/mol. The number of hydrogen-bond acceptors (Lipinski definition) is 5. The molecule has 0 N–H and O–H groups in total. The lowest BCUT2D eigenvalue weighted by molar-refractivity contribution is -0.142. The Morgan fingerprint density at radius 3 is 2.84 bits per heavy atom. The molecule has 0 aliphatic heterocycles. The van der Waals surface area contributed by atoms with Crippen molar-refractivity contribution in [1.82, 2.24) is 19.6 Å². The molecule has 0 radical (unpaired) electrons. The smallest absolute Gasteiger partial charge is 0.307 e. The Labute approximate surface area is 145 Å². The summed E-state index contributed by atoms with van der Waals surface area (Å²) in [5.41, 5.74) is 3.69. The van der Waals surface area contributed by atoms with Gasteiger partial charge in [0.05, 0.1) is 0 Å². The van der Waals surface area contributed by atoms with Gasteiger partial charge in [0.15, 0.2) is 6.61 Å². The van der Waals surface area contributed by atoms with E-state index in [9.17, 15) is 4.79 Å². The molecular formula is C19H18N4O2. The molecule has 0 saturated carbocycles. The van der Waals surface area contributed by atoms with Crippen LogP contribution in [0.2, 0.25) is 0 Å². The molecule has 3 rings (SSSR count). The van der Waals surface area contributed by atoms with E-state index in [0.717, 1.165) is 22.5 Å². The van der Waals surface area contributed by atoms with Crippen molar-refractivity contribution in [3.63, 3.8) is 0 Å². The second kappa shape index (κ2) is 7.58. The monoisotopic (exact) mass is 334 g/mol. The maximum atomic E-state index is 11.9. The minimum absolute atomic E-state index is 0.0893. The van der Waals surface area contributed by atoms with Gasteiger partial charge in [-0.25, -0.2) is 9.50 Å². The fraction of sp³-hybridized carbons (Fsp3) is 0.263. The lowest BCUT2D eigenvalue weighted by atomic mass is 10.1. The van der Waals surface area contributed by atoms with Gasteiger partial charge in [0.25, 0.3) is 5.78 Å². The molecule has 0 aliphatic rings. The third kappa shape index (κ3) is 4.01. The van der Waals surface area contributed by atoms with Crippen molar-refractivity contribution in [3.05, 3.63) is 59.2 Å². The second-order valence-corrected chi connectivity index (χ2v) is 5.56. The van der Waals surface area contributed by atoms with Crippen LogP contribution in [0.3, 0.4) is 0 Å². The van der Waals surface area contributed by atoms with E-state index in [-0.39, 0.29) is 19.0 Å². The van der Waals surface area contributed by atoms with Crippen molar-refractivity contribution >= 4 is 11.7 Å². The zero-order valence-electron chi connectivity index (χ0n) is 14.2. The van der Waals surface area contributed by atoms with Crippen LogP contribution in [0.25, 0.3) is 5.78 Å². The summed E-state index contributed by atoms with van der Waals surface area (Å²) in [6.45, 7) is 3.95. The minimum atomic E-state index is -0.278. The van der Waals surface area contributed by atoms with E-state index < -0.39 is 0 Å². The summed E-state index contributed by atoms with van der Waals surface area (Å²) < 4.78 is 6.85. The average molecular weight is 334 g/mol. The summed E-state index contributed by atoms with van der Waals surface area (Å²) in [4.78, 5) is 20.4. The molecule has 1 aromatic carbocycles. The van der Waals surface area contributed by atoms with Gasteiger partial charge in [-0.05, 0) is 38.0 Å². The van der Waals surface area contributed by atoms with E-state index in [4.69, 9.17) is 4.74 Å². The van der Waals surface area contributed by atoms with Crippen molar-refractivity contribution in [2.24, 2.45) is 0 Å². The molecule has 0 saturated heterocycles. The number of carbonyl (C=O) groups is 1. The summed E-state index contributed by atoms with van der Waals surface area (Å²) in [6, 6.07) is 9.59. The lowest BCUT2D eigenvalue weighted by Crippen LogP contribution is -2.10. The Balaban J connectivity index is 1.55. The molecule has 0 bridgehead atoms. The summed E-state index contributed by atoms with van der Waals surface area (Å²) in [5.74, 6) is 6.09. The molecule has 25 heavy (non-hydrogen) atoms. The normalized spacial score (nSPS) is 10.3. The van der Waals surface area contributed by atoms with E-state index in [1.807, 2.05) is 44.2 Å². The van der Waals surface area contributed by atoms with Crippen LogP contribution >= 0.6 is 0 Å². The number of carbonyl (C=O) groups excluding carboxylic acids is 1. The molecule has 0 fully saturated rings. The molecule has 0 aliphatic carbocycles. The van der Waals surface area contributed by atoms with Gasteiger partial charge in [-0.1, -0.05) is 30.0 Å². The summed E-state index contributed by atoms with van der Waals surface area (Å²) >= 11 is 0. The van der Waals surface area contributed by atoms with Crippen LogP contribution in [-0.4, -0.2) is 32.2 Å². The molecular weight excluding hydrogens is 316 g/mol. The topological polar surface area (TPSA) is 69.4 Å². The number of fused-ring (bicyclic) bond motifs is 1. The van der Waals surface area contributed by atoms with Gasteiger partial charge in [-0.3, -0.25) is 4.79 Å². The zero-order chi connectivity index (χ0) is 17.6. The van der Waals surface area contributed by atoms with Crippen LogP contribution in [0.5, 0.6) is 0 Å². The summed E-state index contributed by atoms with van der Waals surface area (Å²) in [7, 11) is 0. The predicted octanol–water partition coefficient (Wildman–Crippen LogP) is 2.27. The van der Waals surface area contributed by atoms with Crippen LogP contribution < -0.4 is 0 Å². The Morgan fingerprint density at radius 1 is 1.24 bits per heavy atom. The van der Waals surface area contributed by atoms with E-state index in [0.29, 0.717) is 12.2 Å². The quantitative estimate of drug-likeness (QED) is 0.541. The van der Waals surface area contributed by atoms with Crippen molar-refractivity contribution in [2.75, 3.05) is 6.61 Å². The summed E-state index contributed by atoms with van der Waals surface area (Å²) in [6.07, 6.45) is 2.29. The molecule has 126 valence electrons. The number of benzene rings is 1. The Kier molecular flexibility index (Phi) is 5.05. The molecule has 6 heteroatoms. The number of hydrogen-bond donors (Lipinski definition) is 0. The van der Waals surface area contributed by atoms with Crippen molar-refractivity contribution in [1.29, 1.82) is 0 Å². The van der Waals surface area contributed by atoms with Crippen LogP contribution in [-0.2, 0) is 16.0 Å². The fourth-order valence-electron chi connectivity index (χ4n) is 2.59. The lowest BCUT2D eigenvalue weighted by Gasteiger charge is -2.09. The van der Waals surface area contributed by atoms with Gasteiger partial charge in [-0.2, -0.15) is 10.1 Å². The van der Waals surface area contributed by atoms with Gasteiger partial charge in [0.2, 0.25) is 0 Å². The molecule has 0 spiro atoms. The molecule has 2 aromatic heterocycles. The van der Waals surface area contributed by atoms with Gasteiger partial charge in [0.1, 0.15) is 6.33 Å². The van der Waals surface area contributed by atoms with Crippen LogP contribution in [0.15, 0.2) is 36.7 Å². The van der Waals surface area contributed by atoms with E-state index in [1.165, 1.54) is 6.33 Å². The Hall–Kier alpha value is -3.20. The van der Waals surface area contributed by atoms with Crippen LogP contribution in [0, 0.1) is 25.7 Å². The fourth-order valence-corrected chi connectivity index (χ4v) is 2.59. The summed E-state index contributed by atoms with van der Waals surface area (Å²) in [5, 5.41) is 4.15. The maximum Gasteiger partial charge on any atom is 0.307 e. The number of rotatable bonds is 4. The van der Waals surface area contributed by atoms with Gasteiger partial charge in [-0.15, -0.1) is 0 Å². The maximum absolute atomic E-state index is 11.9. The molecule has 3 aromatic rings. The standard InChI is InChI=1S/C19H18N4O2/c1-14-17(15(2)23-19(22-14)20-13-21-23)10-11-18(24)25-12-6-9-16-7-4-3-5-8-16/h3-5,7-8,13H,10-12H2,1-2H3. The van der Waals surface area contributed by atoms with Crippen LogP contribution in [0.1, 0.15) is 28.9 Å². The van der Waals surface area contributed by atoms with E-state index in [1.54, 1.807) is 4.52 Å². The first kappa shape index (κ1) is 16.7. The van der Waals surface area contributed by atoms with Crippen molar-refractivity contribution < 1.29 is 9.53 Å². The minimum Gasteiger partial charge on any atom is -0.452 e. The first-order valence-corrected chi connectivity index (χ1v) is 8.00. The highest BCUT2D eigenvalue weighted by molar-refractivity contribution is 5.70. The average Bonchev–Trinajstić information content (AvgIpc) is 3.08. The molecule has 0 unspecified atom stereocenters. The third-order valence-corrected chi connectivity index (χ3v) is 3.88. The van der Waals surface area contributed by atoms with Crippen LogP contribution in [0.4, 0.5) is 0 Å². The number of esters is 1. The molecule has 0 atom stereocenters. The Morgan fingerprint density at radius 2 is 2.04 bits per heavy atom. The van der Waals surface area contributed by atoms with Crippen molar-refractivity contribution in [3.8, 4) is 11.8 Å². The van der Waals surface area contributed by atoms with Gasteiger partial charge < -0.3 is 4.74 Å². The van der Waals surface area contributed by atoms with Crippen molar-refractivity contribution in [2.45, 2.75) is 26.7 Å². The Bertz CT molecular complexity index is 952. The number of aryl methyl sites for hydroxylation is 2. The molecule has 2 heterocycles. The third-order valence-electron chi connectivity index (χ3n) is 3.88. The number of ether oxygens (including phenoxy) is 1. The number of nitrogens with zero attached hydrogens (tertiary/aromatic N) is 4. The highest BCUT2D eigenvalue weighted by Gasteiger charge is 2.12. The molecule has 0 amide bonds. The largest absolute Gasteiger partial charge is 0.452 e. The first-order valence-electron chi connectivity index (χ1n) is 8.00. The van der Waals surface area contributed by atoms with Gasteiger partial charge in [0, 0.05) is 23.4 Å². The van der Waals surface area contributed by atoms with E-state index >= 15 is 0 Å². The highest BCUT2D eigenvalue weighted by atomic mass is 16.5. The van der Waals surface area contributed by atoms with Gasteiger partial charge >= 0.3 is 5.97 Å². The van der Waals surface area contributed by atoms with E-state index in [2.05, 4.69) is 26.9 Å². The highest BCUT2D eigenvalue weighted by Crippen LogP contribution is 2.15. The first-order chi connectivity index (χ1) is 12.1.